The third-order valence-electron chi connectivity index (χ3n) is 8.19. The Hall–Kier alpha value is -3.09. The molecule has 1 aliphatic carbocycles. The summed E-state index contributed by atoms with van der Waals surface area (Å²) in [7, 11) is -5.70. The summed E-state index contributed by atoms with van der Waals surface area (Å²) in [5.74, 6) is -6.71. The molecule has 262 valence electrons. The molecule has 11 atom stereocenters. The molecule has 0 bridgehead atoms. The van der Waals surface area contributed by atoms with Crippen LogP contribution in [0.4, 0.5) is 0 Å². The Morgan fingerprint density at radius 2 is 1.57 bits per heavy atom. The Balaban J connectivity index is 1.92. The van der Waals surface area contributed by atoms with Gasteiger partial charge in [-0.2, -0.15) is 8.42 Å². The number of ketones is 2. The van der Waals surface area contributed by atoms with Crippen LogP contribution in [-0.4, -0.2) is 161 Å². The van der Waals surface area contributed by atoms with Crippen LogP contribution in [0.5, 0.6) is 5.75 Å². The van der Waals surface area contributed by atoms with Crippen molar-refractivity contribution in [2.24, 2.45) is 0 Å². The maximum atomic E-state index is 13.9. The zero-order chi connectivity index (χ0) is 35.2. The van der Waals surface area contributed by atoms with Gasteiger partial charge in [-0.05, 0) is 24.1 Å². The van der Waals surface area contributed by atoms with Crippen molar-refractivity contribution in [3.63, 3.8) is 0 Å². The zero-order valence-electron chi connectivity index (χ0n) is 24.0. The number of Topliss-reactive ketones (excluding diaryl/α,β-unsaturated/α-hetero) is 2. The van der Waals surface area contributed by atoms with Crippen LogP contribution in [-0.2, 0) is 40.1 Å². The highest BCUT2D eigenvalue weighted by Crippen LogP contribution is 2.44. The Bertz CT molecular complexity index is 1520. The number of aromatic hydroxyl groups is 1. The van der Waals surface area contributed by atoms with Gasteiger partial charge in [-0.25, -0.2) is 4.18 Å². The van der Waals surface area contributed by atoms with Gasteiger partial charge in [0.25, 0.3) is 0 Å². The maximum Gasteiger partial charge on any atom is 0.398 e. The van der Waals surface area contributed by atoms with Crippen molar-refractivity contribution in [3.05, 3.63) is 52.5 Å². The van der Waals surface area contributed by atoms with Gasteiger partial charge in [0.05, 0.1) is 18.8 Å². The third-order valence-corrected chi connectivity index (χ3v) is 8.64. The second-order valence-electron chi connectivity index (χ2n) is 11.2. The average Bonchev–Trinajstić information content (AvgIpc) is 3.00. The van der Waals surface area contributed by atoms with Crippen LogP contribution in [0.15, 0.2) is 46.9 Å². The number of aliphatic hydroxyl groups excluding tert-OH is 9. The van der Waals surface area contributed by atoms with Crippen molar-refractivity contribution in [3.8, 4) is 5.75 Å². The summed E-state index contributed by atoms with van der Waals surface area (Å²) in [5.41, 5.74) is -6.15. The monoisotopic (exact) mass is 694 g/mol. The zero-order valence-corrected chi connectivity index (χ0v) is 24.9. The minimum Gasteiger partial charge on any atom is -0.508 e. The first kappa shape index (κ1) is 36.7. The van der Waals surface area contributed by atoms with Crippen LogP contribution in [0.1, 0.15) is 12.0 Å². The number of phenols is 1. The van der Waals surface area contributed by atoms with E-state index in [4.69, 9.17) is 9.47 Å². The highest BCUT2D eigenvalue weighted by molar-refractivity contribution is 7.80. The molecule has 0 saturated carbocycles. The Labute approximate surface area is 265 Å². The molecule has 19 nitrogen and oxygen atoms in total. The summed E-state index contributed by atoms with van der Waals surface area (Å²) in [5, 5.41) is 116. The van der Waals surface area contributed by atoms with Gasteiger partial charge in [0.1, 0.15) is 83.9 Å². The van der Waals surface area contributed by atoms with Crippen molar-refractivity contribution in [2.45, 2.75) is 79.5 Å². The summed E-state index contributed by atoms with van der Waals surface area (Å²) in [4.78, 5) is 27.5. The summed E-state index contributed by atoms with van der Waals surface area (Å²) >= 11 is 0. The van der Waals surface area contributed by atoms with E-state index >= 15 is 0 Å². The number of aliphatic hydroxyl groups is 10. The van der Waals surface area contributed by atoms with E-state index in [0.717, 1.165) is 0 Å². The van der Waals surface area contributed by atoms with E-state index in [0.29, 0.717) is 5.56 Å². The van der Waals surface area contributed by atoms with Crippen LogP contribution in [0.25, 0.3) is 0 Å². The van der Waals surface area contributed by atoms with Gasteiger partial charge in [0, 0.05) is 6.42 Å². The van der Waals surface area contributed by atoms with E-state index in [1.54, 1.807) is 0 Å². The van der Waals surface area contributed by atoms with Gasteiger partial charge < -0.3 is 65.6 Å². The average molecular weight is 695 g/mol. The molecule has 47 heavy (non-hydrogen) atoms. The molecule has 11 unspecified atom stereocenters. The maximum absolute atomic E-state index is 13.9. The quantitative estimate of drug-likeness (QED) is 0.0809. The number of carbonyl (C=O) groups excluding carboxylic acids is 2. The summed E-state index contributed by atoms with van der Waals surface area (Å²) in [6.45, 7) is -1.94. The lowest BCUT2D eigenvalue weighted by Crippen LogP contribution is -2.69. The van der Waals surface area contributed by atoms with Crippen molar-refractivity contribution < 1.29 is 92.4 Å². The highest BCUT2D eigenvalue weighted by Gasteiger charge is 2.63. The largest absolute Gasteiger partial charge is 0.508 e. The van der Waals surface area contributed by atoms with E-state index in [-0.39, 0.29) is 12.2 Å². The lowest BCUT2D eigenvalue weighted by molar-refractivity contribution is -0.263. The molecule has 1 aromatic rings. The van der Waals surface area contributed by atoms with E-state index in [9.17, 15) is 78.7 Å². The fraction of sp³-hybridized carbons (Fsp3) is 0.556. The summed E-state index contributed by atoms with van der Waals surface area (Å²) in [6, 6.07) is 5.35. The van der Waals surface area contributed by atoms with Gasteiger partial charge in [0.2, 0.25) is 11.4 Å². The van der Waals surface area contributed by atoms with Crippen molar-refractivity contribution in [1.29, 1.82) is 0 Å². The second-order valence-corrected chi connectivity index (χ2v) is 12.3. The third kappa shape index (κ3) is 6.91. The van der Waals surface area contributed by atoms with E-state index in [1.807, 2.05) is 0 Å². The molecule has 12 N–H and O–H groups in total. The number of hydrogen-bond donors (Lipinski definition) is 12. The molecular weight excluding hydrogens is 660 g/mol. The Morgan fingerprint density at radius 3 is 2.15 bits per heavy atom. The van der Waals surface area contributed by atoms with E-state index in [1.165, 1.54) is 24.3 Å². The van der Waals surface area contributed by atoms with Crippen LogP contribution >= 0.6 is 0 Å². The van der Waals surface area contributed by atoms with Crippen LogP contribution in [0.3, 0.4) is 0 Å². The molecule has 0 radical (unpaired) electrons. The normalized spacial score (nSPS) is 36.0. The van der Waals surface area contributed by atoms with E-state index < -0.39 is 131 Å². The lowest BCUT2D eigenvalue weighted by Gasteiger charge is -2.47. The summed E-state index contributed by atoms with van der Waals surface area (Å²) < 4.78 is 48.4. The molecular formula is C27H34O19S. The molecule has 0 aromatic heterocycles. The Kier molecular flexibility index (Phi) is 10.8. The fourth-order valence-electron chi connectivity index (χ4n) is 5.64. The topological polar surface area (TPSA) is 339 Å². The molecule has 3 aliphatic rings. The van der Waals surface area contributed by atoms with Crippen molar-refractivity contribution >= 4 is 22.0 Å². The number of rotatable bonds is 10. The minimum absolute atomic E-state index is 0.118. The molecule has 2 heterocycles. The van der Waals surface area contributed by atoms with Crippen molar-refractivity contribution in [2.75, 3.05) is 13.2 Å². The van der Waals surface area contributed by atoms with Crippen LogP contribution in [0.2, 0.25) is 0 Å². The first-order chi connectivity index (χ1) is 21.8. The van der Waals surface area contributed by atoms with E-state index in [2.05, 4.69) is 4.18 Å². The first-order valence-corrected chi connectivity index (χ1v) is 15.3. The van der Waals surface area contributed by atoms with Gasteiger partial charge in [0.15, 0.2) is 5.78 Å². The Morgan fingerprint density at radius 1 is 0.957 bits per heavy atom. The highest BCUT2D eigenvalue weighted by atomic mass is 32.3. The second kappa shape index (κ2) is 13.8. The molecule has 1 aromatic carbocycles. The molecule has 20 heteroatoms. The predicted octanol–water partition coefficient (Wildman–Crippen LogP) is -4.66. The fourth-order valence-corrected chi connectivity index (χ4v) is 6.10. The van der Waals surface area contributed by atoms with Crippen molar-refractivity contribution in [1.82, 2.24) is 0 Å². The predicted molar refractivity (Wildman–Crippen MR) is 149 cm³/mol. The number of aryl methyl sites for hydroxylation is 1. The number of phenolic OH excluding ortho intramolecular Hbond substituents is 1. The molecule has 2 aliphatic heterocycles. The molecule has 0 amide bonds. The SMILES string of the molecule is O=C(CCc1ccc(O)cc1)C1=C(O)C(C(OS(=O)(=O)O)C2OCC(O)C(O)C2O)=C(O)C(O)(C2OC(CO)C(O)C(O)C2O)C1=O. The molecule has 2 saturated heterocycles. The number of carbonyl (C=O) groups is 2. The van der Waals surface area contributed by atoms with Gasteiger partial charge in [-0.15, -0.1) is 0 Å². The van der Waals surface area contributed by atoms with Gasteiger partial charge in [-0.3, -0.25) is 14.1 Å². The minimum atomic E-state index is -5.70. The smallest absolute Gasteiger partial charge is 0.398 e. The number of hydrogen-bond acceptors (Lipinski definition) is 18. The van der Waals surface area contributed by atoms with Crippen LogP contribution < -0.4 is 0 Å². The van der Waals surface area contributed by atoms with Crippen LogP contribution in [0, 0.1) is 0 Å². The number of benzene rings is 1. The molecule has 0 spiro atoms. The van der Waals surface area contributed by atoms with Gasteiger partial charge >= 0.3 is 10.4 Å². The van der Waals surface area contributed by atoms with Gasteiger partial charge in [-0.1, -0.05) is 12.1 Å². The lowest BCUT2D eigenvalue weighted by atomic mass is 9.71. The number of ether oxygens (including phenoxy) is 2. The standard InChI is InChI=1S/C27H34O19S/c28-7-13-17(33)19(35)21(37)26(45-13)27(40)24(38)14(11(30)6-3-9-1-4-10(29)5-2-9)18(34)15(25(27)39)22(46-47(41,42)43)23-20(36)16(32)12(31)8-44-23/h1-2,4-5,12-13,16-17,19-23,26,28-29,31-37,39-40H,3,6-8H2,(H,41,42,43). The molecule has 4 rings (SSSR count). The summed E-state index contributed by atoms with van der Waals surface area (Å²) in [6.07, 6.45) is -23.2. The first-order valence-electron chi connectivity index (χ1n) is 13.9. The molecule has 2 fully saturated rings.